The monoisotopic (exact) mass is 692 g/mol. The van der Waals surface area contributed by atoms with Gasteiger partial charge in [0.15, 0.2) is 9.84 Å². The fourth-order valence-corrected chi connectivity index (χ4v) is 5.82. The van der Waals surface area contributed by atoms with E-state index in [4.69, 9.17) is 9.29 Å². The number of fused-ring (bicyclic) bond motifs is 1. The maximum absolute atomic E-state index is 13.0. The van der Waals surface area contributed by atoms with Crippen LogP contribution in [0.5, 0.6) is 11.5 Å². The van der Waals surface area contributed by atoms with E-state index in [1.807, 2.05) is 0 Å². The van der Waals surface area contributed by atoms with E-state index in [0.29, 0.717) is 12.1 Å². The van der Waals surface area contributed by atoms with Crippen LogP contribution in [0.2, 0.25) is 0 Å². The molecule has 3 aromatic carbocycles. The first kappa shape index (κ1) is 41.8. The van der Waals surface area contributed by atoms with Crippen molar-refractivity contribution in [2.75, 3.05) is 19.5 Å². The molecule has 0 heterocycles. The Hall–Kier alpha value is -0.240. The average Bonchev–Trinajstić information content (AvgIpc) is 2.80. The van der Waals surface area contributed by atoms with E-state index in [2.05, 4.69) is 14.4 Å². The van der Waals surface area contributed by atoms with Crippen LogP contribution in [0.1, 0.15) is 0 Å². The van der Waals surface area contributed by atoms with Gasteiger partial charge >= 0.3 is 99.1 Å². The van der Waals surface area contributed by atoms with Crippen molar-refractivity contribution in [1.82, 2.24) is 0 Å². The summed E-state index contributed by atoms with van der Waals surface area (Å²) < 4.78 is 133. The number of rotatable bonds is 10. The van der Waals surface area contributed by atoms with Crippen molar-refractivity contribution in [2.24, 2.45) is 10.2 Å². The zero-order chi connectivity index (χ0) is 29.4. The Kier molecular flexibility index (Phi) is 15.8. The Labute approximate surface area is 307 Å². The first-order chi connectivity index (χ1) is 17.8. The van der Waals surface area contributed by atoms with Crippen molar-refractivity contribution >= 4 is 62.6 Å². The van der Waals surface area contributed by atoms with E-state index in [9.17, 15) is 47.9 Å². The summed E-state index contributed by atoms with van der Waals surface area (Å²) in [5, 5.41) is 19.5. The molecule has 3 rings (SSSR count). The second-order valence-corrected chi connectivity index (χ2v) is 13.4. The number of sulfone groups is 1. The number of nitrogens with zero attached hydrogens (tertiary/aromatic N) is 2. The van der Waals surface area contributed by atoms with E-state index < -0.39 is 79.0 Å². The topological polar surface area (TPSA) is 269 Å². The molecule has 0 aromatic heterocycles. The molecule has 0 aliphatic heterocycles. The van der Waals surface area contributed by atoms with Crippen molar-refractivity contribution < 1.29 is 150 Å². The number of benzene rings is 3. The summed E-state index contributed by atoms with van der Waals surface area (Å²) in [6.07, 6.45) is 0. The molecular formula is C19H15N2Na3O14S4. The standard InChI is InChI=1S/C19H18N2O14S4.3Na/c1-34-16-5-3-12(36(23,24)7-6-35-39(31,32)33)10-15(16)20-21-18-17(38(28,29)30)9-11-8-13(37(25,26)27)2-4-14(11)19(18)22;;;/h2-5,8-10,22H,6-7H2,1H3,(H,25,26,27)(H,28,29,30)(H,31,32,33);;;/q;3*+1/p-3. The van der Waals surface area contributed by atoms with Crippen molar-refractivity contribution in [1.29, 1.82) is 0 Å². The van der Waals surface area contributed by atoms with Crippen LogP contribution in [0.3, 0.4) is 0 Å². The molecule has 0 aliphatic rings. The minimum atomic E-state index is -5.41. The third-order valence-electron chi connectivity index (χ3n) is 4.91. The van der Waals surface area contributed by atoms with Gasteiger partial charge in [-0.1, -0.05) is 11.8 Å². The number of hydrogen-bond acceptors (Lipinski definition) is 15. The van der Waals surface area contributed by atoms with E-state index in [0.717, 1.165) is 37.4 Å². The molecule has 1 N–H and O–H groups in total. The summed E-state index contributed by atoms with van der Waals surface area (Å²) in [5.74, 6) is -2.19. The molecule has 16 nitrogen and oxygen atoms in total. The SMILES string of the molecule is COc1ccc(S(=O)(=O)CCOS(=O)(=O)O)cc1N=Nc1c(S(=O)(=O)[O-])cc2cc(S(=O)(=O)[O-])ccc2c1[O-].[Na+].[Na+].[Na+]. The molecular weight excluding hydrogens is 677 g/mol. The number of ether oxygens (including phenoxy) is 1. The van der Waals surface area contributed by atoms with Gasteiger partial charge in [0.05, 0.1) is 39.8 Å². The molecule has 0 saturated heterocycles. The maximum atomic E-state index is 13.0. The van der Waals surface area contributed by atoms with Gasteiger partial charge in [0.25, 0.3) is 0 Å². The van der Waals surface area contributed by atoms with Gasteiger partial charge in [0, 0.05) is 0 Å². The second kappa shape index (κ2) is 15.9. The average molecular weight is 693 g/mol. The van der Waals surface area contributed by atoms with Crippen molar-refractivity contribution in [2.45, 2.75) is 14.7 Å². The molecule has 42 heavy (non-hydrogen) atoms. The molecule has 0 atom stereocenters. The molecule has 0 aliphatic carbocycles. The Morgan fingerprint density at radius 2 is 1.40 bits per heavy atom. The maximum Gasteiger partial charge on any atom is 1.00 e. The van der Waals surface area contributed by atoms with Crippen LogP contribution in [-0.4, -0.2) is 66.8 Å². The summed E-state index contributed by atoms with van der Waals surface area (Å²) >= 11 is 0. The Balaban J connectivity index is 0.00000560. The Bertz CT molecular complexity index is 1930. The quantitative estimate of drug-likeness (QED) is 0.117. The predicted octanol–water partition coefficient (Wildman–Crippen LogP) is -8.25. The van der Waals surface area contributed by atoms with Crippen LogP contribution in [0.25, 0.3) is 10.8 Å². The minimum absolute atomic E-state index is 0. The van der Waals surface area contributed by atoms with Gasteiger partial charge in [-0.25, -0.2) is 29.4 Å². The fourth-order valence-electron chi connectivity index (χ4n) is 3.17. The van der Waals surface area contributed by atoms with E-state index in [-0.39, 0.29) is 111 Å². The molecule has 0 spiro atoms. The smallest absolute Gasteiger partial charge is 0.871 e. The second-order valence-electron chi connectivity index (χ2n) is 7.45. The third kappa shape index (κ3) is 10.7. The number of hydrogen-bond donors (Lipinski definition) is 1. The minimum Gasteiger partial charge on any atom is -0.871 e. The van der Waals surface area contributed by atoms with Crippen LogP contribution in [-0.2, 0) is 44.7 Å². The summed E-state index contributed by atoms with van der Waals surface area (Å²) in [4.78, 5) is -2.45. The van der Waals surface area contributed by atoms with Crippen molar-refractivity contribution in [3.05, 3.63) is 42.5 Å². The van der Waals surface area contributed by atoms with Crippen molar-refractivity contribution in [3.63, 3.8) is 0 Å². The molecule has 3 aromatic rings. The first-order valence-corrected chi connectivity index (χ1v) is 15.8. The Morgan fingerprint density at radius 1 is 0.810 bits per heavy atom. The molecule has 0 radical (unpaired) electrons. The molecule has 23 heteroatoms. The van der Waals surface area contributed by atoms with Crippen LogP contribution >= 0.6 is 0 Å². The molecule has 0 saturated carbocycles. The van der Waals surface area contributed by atoms with Crippen LogP contribution in [0, 0.1) is 0 Å². The van der Waals surface area contributed by atoms with Gasteiger partial charge < -0.3 is 18.9 Å². The molecule has 0 amide bonds. The Morgan fingerprint density at radius 3 is 1.93 bits per heavy atom. The third-order valence-corrected chi connectivity index (χ3v) is 8.73. The fraction of sp³-hybridized carbons (Fsp3) is 0.158. The zero-order valence-corrected chi connectivity index (χ0v) is 31.5. The van der Waals surface area contributed by atoms with E-state index in [1.165, 1.54) is 0 Å². The molecule has 0 bridgehead atoms. The summed E-state index contributed by atoms with van der Waals surface area (Å²) in [7, 11) is -18.4. The van der Waals surface area contributed by atoms with Gasteiger partial charge in [-0.2, -0.15) is 8.42 Å². The van der Waals surface area contributed by atoms with Gasteiger partial charge in [-0.05, 0) is 47.2 Å². The van der Waals surface area contributed by atoms with E-state index in [1.54, 1.807) is 0 Å². The van der Waals surface area contributed by atoms with Gasteiger partial charge in [0.1, 0.15) is 31.7 Å². The summed E-state index contributed by atoms with van der Waals surface area (Å²) in [6.45, 7) is -0.930. The van der Waals surface area contributed by atoms with Gasteiger partial charge in [-0.15, -0.1) is 10.2 Å². The van der Waals surface area contributed by atoms with Gasteiger partial charge in [-0.3, -0.25) is 4.55 Å². The zero-order valence-electron chi connectivity index (χ0n) is 22.2. The van der Waals surface area contributed by atoms with Gasteiger partial charge in [0.2, 0.25) is 0 Å². The number of azo groups is 1. The number of methoxy groups -OCH3 is 1. The van der Waals surface area contributed by atoms with Crippen LogP contribution in [0.15, 0.2) is 67.4 Å². The molecule has 0 unspecified atom stereocenters. The largest absolute Gasteiger partial charge is 1.00 e. The van der Waals surface area contributed by atoms with E-state index >= 15 is 0 Å². The van der Waals surface area contributed by atoms with Crippen LogP contribution in [0.4, 0.5) is 11.4 Å². The first-order valence-electron chi connectivity index (χ1n) is 9.97. The normalized spacial score (nSPS) is 12.3. The van der Waals surface area contributed by atoms with Crippen molar-refractivity contribution in [3.8, 4) is 11.5 Å². The molecule has 212 valence electrons. The summed E-state index contributed by atoms with van der Waals surface area (Å²) in [6, 6.07) is 6.08. The van der Waals surface area contributed by atoms with Crippen LogP contribution < -0.4 is 98.5 Å². The summed E-state index contributed by atoms with van der Waals surface area (Å²) in [5.41, 5.74) is -1.36. The predicted molar refractivity (Wildman–Crippen MR) is 126 cm³/mol. The molecule has 0 fully saturated rings.